The third-order valence-electron chi connectivity index (χ3n) is 8.37. The molecule has 0 radical (unpaired) electrons. The number of ether oxygens (including phenoxy) is 1. The maximum absolute atomic E-state index is 13.4. The van der Waals surface area contributed by atoms with E-state index in [0.717, 1.165) is 37.7 Å². The lowest BCUT2D eigenvalue weighted by Crippen LogP contribution is -2.55. The molecule has 0 saturated heterocycles. The largest absolute Gasteiger partial charge is 0.391 e. The molecule has 0 spiro atoms. The van der Waals surface area contributed by atoms with E-state index >= 15 is 0 Å². The summed E-state index contributed by atoms with van der Waals surface area (Å²) >= 11 is 0. The normalized spacial score (nSPS) is 20.2. The zero-order valence-electron chi connectivity index (χ0n) is 25.8. The van der Waals surface area contributed by atoms with Crippen LogP contribution in [0.1, 0.15) is 84.6 Å². The van der Waals surface area contributed by atoms with E-state index in [0.29, 0.717) is 19.4 Å². The standard InChI is InChI=1S/C34H51N3O5/c1-23(2)33(35-25(4)38)34(41)37-29(27-13-9-6-10-14-27)22-31(39)30(21-26-11-7-5-8-12-26)36-32(40)19-20-42-28-17-15-24(3)16-18-28/h5,7-8,11-12,15-17,23,27-31,33,39H,6,9-10,13-14,18-22H2,1-4H3,(H,35,38)(H,36,40)(H,37,41)/t28?,29?,30?,31-,33-/m0/s1. The van der Waals surface area contributed by atoms with Crippen molar-refractivity contribution < 1.29 is 24.2 Å². The fraction of sp³-hybridized carbons (Fsp3) is 0.618. The van der Waals surface area contributed by atoms with E-state index in [9.17, 15) is 19.5 Å². The first kappa shape index (κ1) is 33.5. The number of hydrogen-bond donors (Lipinski definition) is 4. The van der Waals surface area contributed by atoms with Crippen LogP contribution in [-0.4, -0.2) is 59.8 Å². The van der Waals surface area contributed by atoms with Gasteiger partial charge in [-0.1, -0.05) is 87.2 Å². The highest BCUT2D eigenvalue weighted by molar-refractivity contribution is 5.87. The van der Waals surface area contributed by atoms with Gasteiger partial charge in [0.2, 0.25) is 17.7 Å². The predicted molar refractivity (Wildman–Crippen MR) is 166 cm³/mol. The van der Waals surface area contributed by atoms with Crippen LogP contribution >= 0.6 is 0 Å². The maximum Gasteiger partial charge on any atom is 0.243 e. The monoisotopic (exact) mass is 581 g/mol. The average Bonchev–Trinajstić information content (AvgIpc) is 2.97. The summed E-state index contributed by atoms with van der Waals surface area (Å²) in [6.45, 7) is 7.57. The van der Waals surface area contributed by atoms with Gasteiger partial charge in [-0.2, -0.15) is 0 Å². The van der Waals surface area contributed by atoms with E-state index in [2.05, 4.69) is 22.0 Å². The number of carbonyl (C=O) groups is 3. The Morgan fingerprint density at radius 3 is 2.36 bits per heavy atom. The lowest BCUT2D eigenvalue weighted by atomic mass is 9.80. The lowest BCUT2D eigenvalue weighted by molar-refractivity contribution is -0.130. The molecule has 0 heterocycles. The van der Waals surface area contributed by atoms with Crippen LogP contribution < -0.4 is 16.0 Å². The van der Waals surface area contributed by atoms with E-state index in [1.165, 1.54) is 18.9 Å². The molecule has 232 valence electrons. The van der Waals surface area contributed by atoms with Crippen molar-refractivity contribution in [1.29, 1.82) is 0 Å². The van der Waals surface area contributed by atoms with Gasteiger partial charge in [0.1, 0.15) is 6.04 Å². The average molecular weight is 582 g/mol. The van der Waals surface area contributed by atoms with E-state index in [4.69, 9.17) is 4.74 Å². The number of nitrogens with one attached hydrogen (secondary N) is 3. The molecule has 0 aliphatic heterocycles. The topological polar surface area (TPSA) is 117 Å². The molecule has 3 amide bonds. The number of aliphatic hydroxyl groups is 1. The van der Waals surface area contributed by atoms with Crippen molar-refractivity contribution in [2.75, 3.05) is 6.61 Å². The quantitative estimate of drug-likeness (QED) is 0.245. The second kappa shape index (κ2) is 17.2. The number of benzene rings is 1. The summed E-state index contributed by atoms with van der Waals surface area (Å²) in [5, 5.41) is 20.6. The molecule has 1 fully saturated rings. The molecule has 8 nitrogen and oxygen atoms in total. The summed E-state index contributed by atoms with van der Waals surface area (Å²) in [4.78, 5) is 38.2. The van der Waals surface area contributed by atoms with Crippen LogP contribution in [0.4, 0.5) is 0 Å². The molecule has 2 aliphatic rings. The number of aliphatic hydroxyl groups excluding tert-OH is 1. The molecule has 1 aromatic carbocycles. The maximum atomic E-state index is 13.4. The predicted octanol–water partition coefficient (Wildman–Crippen LogP) is 4.37. The van der Waals surface area contributed by atoms with Gasteiger partial charge in [-0.15, -0.1) is 0 Å². The van der Waals surface area contributed by atoms with Crippen molar-refractivity contribution >= 4 is 17.7 Å². The summed E-state index contributed by atoms with van der Waals surface area (Å²) < 4.78 is 5.89. The van der Waals surface area contributed by atoms with Crippen LogP contribution in [-0.2, 0) is 25.5 Å². The highest BCUT2D eigenvalue weighted by Crippen LogP contribution is 2.29. The summed E-state index contributed by atoms with van der Waals surface area (Å²) in [5.74, 6) is -0.512. The van der Waals surface area contributed by atoms with Crippen LogP contribution in [0.5, 0.6) is 0 Å². The Morgan fingerprint density at radius 2 is 1.74 bits per heavy atom. The van der Waals surface area contributed by atoms with Crippen molar-refractivity contribution in [2.24, 2.45) is 11.8 Å². The smallest absolute Gasteiger partial charge is 0.243 e. The zero-order valence-corrected chi connectivity index (χ0v) is 25.8. The van der Waals surface area contributed by atoms with Crippen molar-refractivity contribution in [3.05, 3.63) is 59.7 Å². The zero-order chi connectivity index (χ0) is 30.5. The molecule has 42 heavy (non-hydrogen) atoms. The lowest BCUT2D eigenvalue weighted by Gasteiger charge is -2.35. The molecule has 1 aromatic rings. The van der Waals surface area contributed by atoms with Gasteiger partial charge in [-0.3, -0.25) is 14.4 Å². The minimum atomic E-state index is -0.880. The van der Waals surface area contributed by atoms with E-state index in [1.807, 2.05) is 63.3 Å². The number of hydrogen-bond acceptors (Lipinski definition) is 5. The molecular weight excluding hydrogens is 530 g/mol. The highest BCUT2D eigenvalue weighted by Gasteiger charge is 2.33. The van der Waals surface area contributed by atoms with Gasteiger partial charge in [0.15, 0.2) is 0 Å². The van der Waals surface area contributed by atoms with Crippen LogP contribution in [0.15, 0.2) is 54.1 Å². The van der Waals surface area contributed by atoms with Crippen LogP contribution in [0.2, 0.25) is 0 Å². The van der Waals surface area contributed by atoms with Gasteiger partial charge >= 0.3 is 0 Å². The van der Waals surface area contributed by atoms with Crippen LogP contribution in [0, 0.1) is 11.8 Å². The molecule has 4 N–H and O–H groups in total. The first-order valence-electron chi connectivity index (χ1n) is 15.7. The Hall–Kier alpha value is -2.97. The van der Waals surface area contributed by atoms with Gasteiger partial charge in [0, 0.05) is 19.4 Å². The summed E-state index contributed by atoms with van der Waals surface area (Å²) in [6, 6.07) is 8.36. The van der Waals surface area contributed by atoms with E-state index < -0.39 is 18.2 Å². The molecule has 3 rings (SSSR count). The van der Waals surface area contributed by atoms with Crippen molar-refractivity contribution in [1.82, 2.24) is 16.0 Å². The van der Waals surface area contributed by atoms with Crippen LogP contribution in [0.25, 0.3) is 0 Å². The number of allylic oxidation sites excluding steroid dienone is 2. The van der Waals surface area contributed by atoms with E-state index in [1.54, 1.807) is 0 Å². The molecule has 0 bridgehead atoms. The Balaban J connectivity index is 1.69. The molecular formula is C34H51N3O5. The molecule has 1 saturated carbocycles. The van der Waals surface area contributed by atoms with Crippen molar-refractivity contribution in [3.63, 3.8) is 0 Å². The van der Waals surface area contributed by atoms with Gasteiger partial charge in [-0.25, -0.2) is 0 Å². The van der Waals surface area contributed by atoms with Gasteiger partial charge in [-0.05, 0) is 56.4 Å². The Bertz CT molecular complexity index is 1060. The minimum absolute atomic E-state index is 0.0285. The highest BCUT2D eigenvalue weighted by atomic mass is 16.5. The summed E-state index contributed by atoms with van der Waals surface area (Å²) in [6.07, 6.45) is 12.3. The van der Waals surface area contributed by atoms with Gasteiger partial charge in [0.25, 0.3) is 0 Å². The molecule has 2 aliphatic carbocycles. The Kier molecular flexibility index (Phi) is 13.7. The molecule has 3 unspecified atom stereocenters. The fourth-order valence-electron chi connectivity index (χ4n) is 5.92. The van der Waals surface area contributed by atoms with Gasteiger partial charge in [0.05, 0.1) is 24.9 Å². The third-order valence-corrected chi connectivity index (χ3v) is 8.37. The number of rotatable bonds is 15. The second-order valence-electron chi connectivity index (χ2n) is 12.3. The van der Waals surface area contributed by atoms with Crippen molar-refractivity contribution in [3.8, 4) is 0 Å². The first-order valence-corrected chi connectivity index (χ1v) is 15.7. The van der Waals surface area contributed by atoms with Crippen LogP contribution in [0.3, 0.4) is 0 Å². The Labute approximate surface area is 251 Å². The summed E-state index contributed by atoms with van der Waals surface area (Å²) in [5.41, 5.74) is 2.22. The number of amides is 3. The van der Waals surface area contributed by atoms with Crippen molar-refractivity contribution in [2.45, 2.75) is 116 Å². The molecule has 8 heteroatoms. The summed E-state index contributed by atoms with van der Waals surface area (Å²) in [7, 11) is 0. The van der Waals surface area contributed by atoms with E-state index in [-0.39, 0.29) is 48.1 Å². The Morgan fingerprint density at radius 1 is 1.02 bits per heavy atom. The second-order valence-corrected chi connectivity index (χ2v) is 12.3. The first-order chi connectivity index (χ1) is 20.1. The number of carbonyl (C=O) groups excluding carboxylic acids is 3. The van der Waals surface area contributed by atoms with Gasteiger partial charge < -0.3 is 25.8 Å². The SMILES string of the molecule is CC(=O)N[C@H](C(=O)NC(C[C@H](O)C(Cc1ccccc1)NC(=O)CCOC1C=CC(C)=CC1)C1CCCCC1)C(C)C. The minimum Gasteiger partial charge on any atom is -0.391 e. The molecule has 0 aromatic heterocycles. The fourth-order valence-corrected chi connectivity index (χ4v) is 5.92. The molecule has 5 atom stereocenters. The third kappa shape index (κ3) is 11.4.